The first-order valence-electron chi connectivity index (χ1n) is 6.60. The van der Waals surface area contributed by atoms with E-state index in [1.54, 1.807) is 11.0 Å². The summed E-state index contributed by atoms with van der Waals surface area (Å²) in [7, 11) is 0. The lowest BCUT2D eigenvalue weighted by atomic mass is 10.1. The first-order valence-corrected chi connectivity index (χ1v) is 6.60. The number of benzene rings is 1. The van der Waals surface area contributed by atoms with E-state index in [-0.39, 0.29) is 11.9 Å². The maximum Gasteiger partial charge on any atom is 0.244 e. The zero-order valence-corrected chi connectivity index (χ0v) is 12.0. The summed E-state index contributed by atoms with van der Waals surface area (Å²) in [6.45, 7) is 9.07. The third kappa shape index (κ3) is 3.47. The molecule has 4 heteroatoms. The number of likely N-dealkylation sites (N-methyl/N-ethyl adjacent to an activating group) is 1. The van der Waals surface area contributed by atoms with Crippen molar-refractivity contribution in [2.24, 2.45) is 0 Å². The second-order valence-corrected chi connectivity index (χ2v) is 4.49. The van der Waals surface area contributed by atoms with Crippen molar-refractivity contribution in [3.8, 4) is 6.07 Å². The Morgan fingerprint density at radius 3 is 2.58 bits per heavy atom. The molecule has 1 amide bonds. The third-order valence-electron chi connectivity index (χ3n) is 3.20. The summed E-state index contributed by atoms with van der Waals surface area (Å²) in [5, 5.41) is 12.3. The molecule has 1 aromatic carbocycles. The number of nitrogens with one attached hydrogen (secondary N) is 1. The molecule has 0 aromatic heterocycles. The molecule has 19 heavy (non-hydrogen) atoms. The van der Waals surface area contributed by atoms with Gasteiger partial charge in [-0.3, -0.25) is 4.79 Å². The fraction of sp³-hybridized carbons (Fsp3) is 0.467. The number of aryl methyl sites for hydroxylation is 1. The minimum Gasteiger partial charge on any atom is -0.373 e. The van der Waals surface area contributed by atoms with Gasteiger partial charge in [0.2, 0.25) is 5.91 Å². The summed E-state index contributed by atoms with van der Waals surface area (Å²) in [4.78, 5) is 14.0. The highest BCUT2D eigenvalue weighted by atomic mass is 16.2. The fourth-order valence-corrected chi connectivity index (χ4v) is 2.04. The normalized spacial score (nSPS) is 11.5. The Bertz CT molecular complexity index is 487. The van der Waals surface area contributed by atoms with Crippen molar-refractivity contribution in [3.63, 3.8) is 0 Å². The van der Waals surface area contributed by atoms with E-state index in [0.29, 0.717) is 18.7 Å². The van der Waals surface area contributed by atoms with Crippen molar-refractivity contribution >= 4 is 11.6 Å². The molecule has 1 atom stereocenters. The van der Waals surface area contributed by atoms with Gasteiger partial charge in [0.1, 0.15) is 12.1 Å². The van der Waals surface area contributed by atoms with Crippen LogP contribution in [0.3, 0.4) is 0 Å². The molecule has 0 saturated carbocycles. The lowest BCUT2D eigenvalue weighted by molar-refractivity contribution is -0.131. The fourth-order valence-electron chi connectivity index (χ4n) is 2.04. The van der Waals surface area contributed by atoms with Crippen molar-refractivity contribution in [2.75, 3.05) is 18.4 Å². The molecular weight excluding hydrogens is 238 g/mol. The van der Waals surface area contributed by atoms with Gasteiger partial charge < -0.3 is 10.2 Å². The number of anilines is 1. The molecular formula is C15H21N3O. The van der Waals surface area contributed by atoms with Gasteiger partial charge in [-0.05, 0) is 39.3 Å². The molecule has 0 aliphatic rings. The molecule has 1 unspecified atom stereocenters. The molecule has 0 heterocycles. The molecule has 0 spiro atoms. The Morgan fingerprint density at radius 2 is 2.05 bits per heavy atom. The number of para-hydroxylation sites is 1. The Balaban J connectivity index is 2.91. The number of nitriles is 1. The van der Waals surface area contributed by atoms with Crippen molar-refractivity contribution < 1.29 is 4.79 Å². The van der Waals surface area contributed by atoms with E-state index < -0.39 is 0 Å². The second-order valence-electron chi connectivity index (χ2n) is 4.49. The van der Waals surface area contributed by atoms with Crippen LogP contribution in [0, 0.1) is 18.3 Å². The summed E-state index contributed by atoms with van der Waals surface area (Å²) < 4.78 is 0. The molecule has 0 bridgehead atoms. The number of hydrogen-bond acceptors (Lipinski definition) is 3. The standard InChI is InChI=1S/C15H21N3O/c1-5-18(6-2)15(19)12(4)17-14-11(3)8-7-9-13(14)10-16/h7-9,12,17H,5-6H2,1-4H3. The summed E-state index contributed by atoms with van der Waals surface area (Å²) in [5.74, 6) is 0.0529. The van der Waals surface area contributed by atoms with E-state index in [9.17, 15) is 4.79 Å². The molecule has 102 valence electrons. The van der Waals surface area contributed by atoms with E-state index in [0.717, 1.165) is 11.3 Å². The summed E-state index contributed by atoms with van der Waals surface area (Å²) in [5.41, 5.74) is 2.29. The van der Waals surface area contributed by atoms with Crippen LogP contribution >= 0.6 is 0 Å². The van der Waals surface area contributed by atoms with E-state index in [2.05, 4.69) is 11.4 Å². The number of amides is 1. The van der Waals surface area contributed by atoms with Gasteiger partial charge in [0.15, 0.2) is 0 Å². The Hall–Kier alpha value is -2.02. The van der Waals surface area contributed by atoms with Crippen LogP contribution < -0.4 is 5.32 Å². The third-order valence-corrected chi connectivity index (χ3v) is 3.20. The minimum atomic E-state index is -0.340. The van der Waals surface area contributed by atoms with E-state index in [4.69, 9.17) is 5.26 Å². The molecule has 0 aliphatic heterocycles. The van der Waals surface area contributed by atoms with Gasteiger partial charge in [0, 0.05) is 13.1 Å². The molecule has 0 fully saturated rings. The Kier molecular flexibility index (Phi) is 5.37. The molecule has 1 aromatic rings. The van der Waals surface area contributed by atoms with Gasteiger partial charge in [-0.15, -0.1) is 0 Å². The molecule has 0 saturated heterocycles. The zero-order chi connectivity index (χ0) is 14.4. The lowest BCUT2D eigenvalue weighted by Gasteiger charge is -2.25. The second kappa shape index (κ2) is 6.79. The van der Waals surface area contributed by atoms with Crippen LogP contribution in [0.2, 0.25) is 0 Å². The molecule has 4 nitrogen and oxygen atoms in total. The van der Waals surface area contributed by atoms with Crippen LogP contribution in [0.25, 0.3) is 0 Å². The van der Waals surface area contributed by atoms with Crippen LogP contribution in [0.5, 0.6) is 0 Å². The highest BCUT2D eigenvalue weighted by Crippen LogP contribution is 2.20. The lowest BCUT2D eigenvalue weighted by Crippen LogP contribution is -2.41. The number of hydrogen-bond donors (Lipinski definition) is 1. The van der Waals surface area contributed by atoms with Gasteiger partial charge in [-0.2, -0.15) is 5.26 Å². The van der Waals surface area contributed by atoms with Crippen molar-refractivity contribution in [1.29, 1.82) is 5.26 Å². The highest BCUT2D eigenvalue weighted by Gasteiger charge is 2.19. The van der Waals surface area contributed by atoms with E-state index >= 15 is 0 Å². The molecule has 0 radical (unpaired) electrons. The van der Waals surface area contributed by atoms with Crippen LogP contribution in [-0.4, -0.2) is 29.9 Å². The quantitative estimate of drug-likeness (QED) is 0.884. The van der Waals surface area contributed by atoms with E-state index in [1.807, 2.05) is 39.8 Å². The van der Waals surface area contributed by atoms with Gasteiger partial charge in [0.05, 0.1) is 11.3 Å². The molecule has 1 rings (SSSR count). The first-order chi connectivity index (χ1) is 9.04. The first kappa shape index (κ1) is 15.0. The summed E-state index contributed by atoms with van der Waals surface area (Å²) in [6.07, 6.45) is 0. The Labute approximate surface area is 115 Å². The SMILES string of the molecule is CCN(CC)C(=O)C(C)Nc1c(C)cccc1C#N. The van der Waals surface area contributed by atoms with Crippen LogP contribution in [0.1, 0.15) is 31.9 Å². The Morgan fingerprint density at radius 1 is 1.42 bits per heavy atom. The smallest absolute Gasteiger partial charge is 0.244 e. The van der Waals surface area contributed by atoms with Crippen molar-refractivity contribution in [1.82, 2.24) is 4.90 Å². The monoisotopic (exact) mass is 259 g/mol. The average molecular weight is 259 g/mol. The van der Waals surface area contributed by atoms with E-state index in [1.165, 1.54) is 0 Å². The number of nitrogens with zero attached hydrogens (tertiary/aromatic N) is 2. The summed E-state index contributed by atoms with van der Waals surface area (Å²) >= 11 is 0. The maximum absolute atomic E-state index is 12.2. The topological polar surface area (TPSA) is 56.1 Å². The van der Waals surface area contributed by atoms with Crippen molar-refractivity contribution in [3.05, 3.63) is 29.3 Å². The van der Waals surface area contributed by atoms with Crippen LogP contribution in [0.15, 0.2) is 18.2 Å². The van der Waals surface area contributed by atoms with Gasteiger partial charge in [0.25, 0.3) is 0 Å². The van der Waals surface area contributed by atoms with Gasteiger partial charge in [-0.25, -0.2) is 0 Å². The predicted octanol–water partition coefficient (Wildman–Crippen LogP) is 2.54. The molecule has 1 N–H and O–H groups in total. The predicted molar refractivity (Wildman–Crippen MR) is 76.9 cm³/mol. The van der Waals surface area contributed by atoms with Crippen LogP contribution in [-0.2, 0) is 4.79 Å². The maximum atomic E-state index is 12.2. The average Bonchev–Trinajstić information content (AvgIpc) is 2.42. The van der Waals surface area contributed by atoms with Gasteiger partial charge >= 0.3 is 0 Å². The number of carbonyl (C=O) groups is 1. The van der Waals surface area contributed by atoms with Crippen molar-refractivity contribution in [2.45, 2.75) is 33.7 Å². The zero-order valence-electron chi connectivity index (χ0n) is 12.0. The van der Waals surface area contributed by atoms with Gasteiger partial charge in [-0.1, -0.05) is 12.1 Å². The largest absolute Gasteiger partial charge is 0.373 e. The number of carbonyl (C=O) groups excluding carboxylic acids is 1. The highest BCUT2D eigenvalue weighted by molar-refractivity contribution is 5.85. The number of rotatable bonds is 5. The minimum absolute atomic E-state index is 0.0529. The summed E-state index contributed by atoms with van der Waals surface area (Å²) in [6, 6.07) is 7.34. The van der Waals surface area contributed by atoms with Crippen LogP contribution in [0.4, 0.5) is 5.69 Å². The molecule has 0 aliphatic carbocycles.